The Labute approximate surface area is 154 Å². The normalized spacial score (nSPS) is 18.4. The first-order valence-electron chi connectivity index (χ1n) is 9.10. The van der Waals surface area contributed by atoms with Crippen LogP contribution in [0.5, 0.6) is 5.75 Å². The zero-order valence-corrected chi connectivity index (χ0v) is 16.0. The van der Waals surface area contributed by atoms with E-state index in [0.717, 1.165) is 18.4 Å². The molecular weight excluding hydrogens is 334 g/mol. The van der Waals surface area contributed by atoms with E-state index < -0.39 is 11.2 Å². The Kier molecular flexibility index (Phi) is 4.86. The monoisotopic (exact) mass is 361 g/mol. The molecule has 2 aliphatic rings. The number of hydrogen-bond acceptors (Lipinski definition) is 5. The third kappa shape index (κ3) is 4.11. The third-order valence-corrected chi connectivity index (χ3v) is 4.71. The van der Waals surface area contributed by atoms with Gasteiger partial charge in [-0.25, -0.2) is 9.59 Å². The van der Waals surface area contributed by atoms with E-state index in [1.165, 1.54) is 12.7 Å². The minimum atomic E-state index is -0.809. The summed E-state index contributed by atoms with van der Waals surface area (Å²) >= 11 is 0. The molecule has 1 aliphatic carbocycles. The molecule has 0 aromatic heterocycles. The van der Waals surface area contributed by atoms with Crippen LogP contribution in [-0.2, 0) is 27.1 Å². The van der Waals surface area contributed by atoms with Gasteiger partial charge in [0.25, 0.3) is 0 Å². The lowest BCUT2D eigenvalue weighted by Gasteiger charge is -2.26. The van der Waals surface area contributed by atoms with Crippen LogP contribution in [0.1, 0.15) is 44.7 Å². The van der Waals surface area contributed by atoms with Gasteiger partial charge in [-0.05, 0) is 56.9 Å². The maximum Gasteiger partial charge on any atom is 0.410 e. The van der Waals surface area contributed by atoms with E-state index in [1.54, 1.807) is 4.90 Å². The summed E-state index contributed by atoms with van der Waals surface area (Å²) in [5.41, 5.74) is 1.04. The molecule has 0 N–H and O–H groups in total. The molecule has 1 saturated carbocycles. The fraction of sp³-hybridized carbons (Fsp3) is 0.600. The Morgan fingerprint density at radius 3 is 2.31 bits per heavy atom. The average molecular weight is 361 g/mol. The van der Waals surface area contributed by atoms with Crippen molar-refractivity contribution in [1.29, 1.82) is 0 Å². The van der Waals surface area contributed by atoms with Crippen molar-refractivity contribution in [3.8, 4) is 5.75 Å². The van der Waals surface area contributed by atoms with Crippen molar-refractivity contribution in [2.45, 2.75) is 57.7 Å². The summed E-state index contributed by atoms with van der Waals surface area (Å²) in [6, 6.07) is 5.90. The molecule has 1 fully saturated rings. The molecule has 1 amide bonds. The molecule has 0 radical (unpaired) electrons. The van der Waals surface area contributed by atoms with E-state index in [4.69, 9.17) is 14.2 Å². The highest BCUT2D eigenvalue weighted by Gasteiger charge is 2.54. The average Bonchev–Trinajstić information content (AvgIpc) is 3.36. The quantitative estimate of drug-likeness (QED) is 0.774. The van der Waals surface area contributed by atoms with Gasteiger partial charge < -0.3 is 19.1 Å². The van der Waals surface area contributed by atoms with E-state index in [0.29, 0.717) is 31.7 Å². The number of esters is 1. The Morgan fingerprint density at radius 1 is 1.08 bits per heavy atom. The molecule has 1 aliphatic heterocycles. The van der Waals surface area contributed by atoms with Crippen LogP contribution in [-0.4, -0.2) is 48.4 Å². The van der Waals surface area contributed by atoms with E-state index in [-0.39, 0.29) is 12.1 Å². The first-order chi connectivity index (χ1) is 12.2. The van der Waals surface area contributed by atoms with Crippen molar-refractivity contribution in [2.75, 3.05) is 20.2 Å². The molecule has 3 rings (SSSR count). The maximum atomic E-state index is 12.3. The van der Waals surface area contributed by atoms with Gasteiger partial charge in [0, 0.05) is 25.9 Å². The van der Waals surface area contributed by atoms with Crippen molar-refractivity contribution >= 4 is 12.1 Å². The smallest absolute Gasteiger partial charge is 0.410 e. The fourth-order valence-electron chi connectivity index (χ4n) is 3.15. The van der Waals surface area contributed by atoms with Crippen LogP contribution in [0.25, 0.3) is 0 Å². The van der Waals surface area contributed by atoms with Gasteiger partial charge in [-0.1, -0.05) is 6.07 Å². The minimum absolute atomic E-state index is 0.274. The SMILES string of the molecule is COC(=O)C1(Oc2ccc3c(c2)CCN(C(=O)OC(C)(C)C)CC3)CC1. The van der Waals surface area contributed by atoms with Gasteiger partial charge in [-0.3, -0.25) is 0 Å². The van der Waals surface area contributed by atoms with Crippen LogP contribution in [0.2, 0.25) is 0 Å². The summed E-state index contributed by atoms with van der Waals surface area (Å²) in [7, 11) is 1.38. The number of rotatable bonds is 3. The predicted octanol–water partition coefficient (Wildman–Crippen LogP) is 3.11. The van der Waals surface area contributed by atoms with Gasteiger partial charge in [0.2, 0.25) is 5.60 Å². The molecule has 1 aromatic carbocycles. The lowest BCUT2D eigenvalue weighted by Crippen LogP contribution is -2.38. The summed E-state index contributed by atoms with van der Waals surface area (Å²) in [5.74, 6) is 0.362. The second kappa shape index (κ2) is 6.82. The molecule has 0 bridgehead atoms. The topological polar surface area (TPSA) is 65.1 Å². The Balaban J connectivity index is 1.67. The van der Waals surface area contributed by atoms with Gasteiger partial charge in [0.05, 0.1) is 7.11 Å². The molecular formula is C20H27NO5. The number of fused-ring (bicyclic) bond motifs is 1. The molecule has 26 heavy (non-hydrogen) atoms. The highest BCUT2D eigenvalue weighted by molar-refractivity contribution is 5.83. The first-order valence-corrected chi connectivity index (χ1v) is 9.10. The predicted molar refractivity (Wildman–Crippen MR) is 96.3 cm³/mol. The summed E-state index contributed by atoms with van der Waals surface area (Å²) in [6.45, 7) is 6.85. The summed E-state index contributed by atoms with van der Waals surface area (Å²) < 4.78 is 16.3. The number of nitrogens with zero attached hydrogens (tertiary/aromatic N) is 1. The number of benzene rings is 1. The third-order valence-electron chi connectivity index (χ3n) is 4.71. The second-order valence-electron chi connectivity index (χ2n) is 7.99. The van der Waals surface area contributed by atoms with Crippen molar-refractivity contribution in [1.82, 2.24) is 4.90 Å². The van der Waals surface area contributed by atoms with E-state index >= 15 is 0 Å². The van der Waals surface area contributed by atoms with Gasteiger partial charge in [-0.2, -0.15) is 0 Å². The number of carbonyl (C=O) groups excluding carboxylic acids is 2. The number of ether oxygens (including phenoxy) is 3. The molecule has 6 nitrogen and oxygen atoms in total. The molecule has 1 heterocycles. The molecule has 142 valence electrons. The van der Waals surface area contributed by atoms with E-state index in [1.807, 2.05) is 39.0 Å². The van der Waals surface area contributed by atoms with E-state index in [9.17, 15) is 9.59 Å². The maximum absolute atomic E-state index is 12.3. The molecule has 0 unspecified atom stereocenters. The van der Waals surface area contributed by atoms with E-state index in [2.05, 4.69) is 0 Å². The number of carbonyl (C=O) groups is 2. The van der Waals surface area contributed by atoms with Crippen LogP contribution in [0, 0.1) is 0 Å². The number of hydrogen-bond donors (Lipinski definition) is 0. The van der Waals surface area contributed by atoms with Crippen LogP contribution in [0.3, 0.4) is 0 Å². The molecule has 6 heteroatoms. The van der Waals surface area contributed by atoms with Crippen LogP contribution < -0.4 is 4.74 Å². The second-order valence-corrected chi connectivity index (χ2v) is 7.99. The molecule has 1 aromatic rings. The van der Waals surface area contributed by atoms with Crippen molar-refractivity contribution in [2.24, 2.45) is 0 Å². The Bertz CT molecular complexity index is 703. The Hall–Kier alpha value is -2.24. The largest absolute Gasteiger partial charge is 0.476 e. The zero-order chi connectivity index (χ0) is 18.9. The number of amides is 1. The van der Waals surface area contributed by atoms with Crippen molar-refractivity contribution in [3.63, 3.8) is 0 Å². The van der Waals surface area contributed by atoms with Crippen molar-refractivity contribution < 1.29 is 23.8 Å². The first kappa shape index (κ1) is 18.5. The minimum Gasteiger partial charge on any atom is -0.476 e. The summed E-state index contributed by atoms with van der Waals surface area (Å²) in [5, 5.41) is 0. The van der Waals surface area contributed by atoms with Crippen LogP contribution >= 0.6 is 0 Å². The highest BCUT2D eigenvalue weighted by atomic mass is 16.6. The lowest BCUT2D eigenvalue weighted by atomic mass is 10.0. The van der Waals surface area contributed by atoms with Crippen LogP contribution in [0.4, 0.5) is 4.79 Å². The van der Waals surface area contributed by atoms with Crippen LogP contribution in [0.15, 0.2) is 18.2 Å². The summed E-state index contributed by atoms with van der Waals surface area (Å²) in [4.78, 5) is 25.9. The lowest BCUT2D eigenvalue weighted by molar-refractivity contribution is -0.151. The summed E-state index contributed by atoms with van der Waals surface area (Å²) in [6.07, 6.45) is 2.60. The zero-order valence-electron chi connectivity index (χ0n) is 16.0. The number of methoxy groups -OCH3 is 1. The molecule has 0 saturated heterocycles. The highest BCUT2D eigenvalue weighted by Crippen LogP contribution is 2.41. The van der Waals surface area contributed by atoms with Gasteiger partial charge in [-0.15, -0.1) is 0 Å². The van der Waals surface area contributed by atoms with Gasteiger partial charge in [0.1, 0.15) is 11.4 Å². The standard InChI is InChI=1S/C20H27NO5/c1-19(2,3)26-18(23)21-11-7-14-5-6-16(13-15(14)8-12-21)25-20(9-10-20)17(22)24-4/h5-6,13H,7-12H2,1-4H3. The molecule has 0 atom stereocenters. The fourth-order valence-corrected chi connectivity index (χ4v) is 3.15. The van der Waals surface area contributed by atoms with Gasteiger partial charge in [0.15, 0.2) is 0 Å². The van der Waals surface area contributed by atoms with Gasteiger partial charge >= 0.3 is 12.1 Å². The van der Waals surface area contributed by atoms with Crippen molar-refractivity contribution in [3.05, 3.63) is 29.3 Å². The Morgan fingerprint density at radius 2 is 1.73 bits per heavy atom. The molecule has 0 spiro atoms.